The van der Waals surface area contributed by atoms with Crippen LogP contribution in [0.3, 0.4) is 0 Å². The number of hydrogen-bond donors (Lipinski definition) is 4. The molecule has 1 aliphatic rings. The molecular formula is C34H46N8O2S. The second kappa shape index (κ2) is 15.9. The molecule has 1 aliphatic carbocycles. The van der Waals surface area contributed by atoms with Crippen molar-refractivity contribution in [3.8, 4) is 0 Å². The van der Waals surface area contributed by atoms with Gasteiger partial charge in [0.05, 0.1) is 4.90 Å². The summed E-state index contributed by atoms with van der Waals surface area (Å²) in [4.78, 5) is 16.2. The van der Waals surface area contributed by atoms with Crippen molar-refractivity contribution in [2.75, 3.05) is 48.0 Å². The normalized spacial score (nSPS) is 13.9. The van der Waals surface area contributed by atoms with Crippen LogP contribution in [0.15, 0.2) is 71.6 Å². The lowest BCUT2D eigenvalue weighted by atomic mass is 9.96. The Labute approximate surface area is 267 Å². The molecule has 0 amide bonds. The zero-order chi connectivity index (χ0) is 31.5. The second-order valence-corrected chi connectivity index (χ2v) is 13.6. The molecule has 4 N–H and O–H groups in total. The number of benzene rings is 3. The van der Waals surface area contributed by atoms with Crippen molar-refractivity contribution in [1.29, 1.82) is 0 Å². The summed E-state index contributed by atoms with van der Waals surface area (Å²) >= 11 is 0. The summed E-state index contributed by atoms with van der Waals surface area (Å²) in [7, 11) is 0.301. The largest absolute Gasteiger partial charge is 0.377 e. The Kier molecular flexibility index (Phi) is 11.4. The minimum atomic E-state index is -3.62. The van der Waals surface area contributed by atoms with Gasteiger partial charge in [0, 0.05) is 56.2 Å². The zero-order valence-corrected chi connectivity index (χ0v) is 27.2. The van der Waals surface area contributed by atoms with Crippen LogP contribution < -0.4 is 25.6 Å². The Morgan fingerprint density at radius 2 is 1.38 bits per heavy atom. The van der Waals surface area contributed by atoms with Crippen molar-refractivity contribution in [3.63, 3.8) is 0 Å². The molecule has 0 saturated heterocycles. The topological polar surface area (TPSA) is 124 Å². The van der Waals surface area contributed by atoms with Crippen molar-refractivity contribution >= 4 is 44.3 Å². The summed E-state index contributed by atoms with van der Waals surface area (Å²) in [5.74, 6) is 1.71. The van der Waals surface area contributed by atoms with Crippen LogP contribution in [-0.4, -0.2) is 56.6 Å². The Hall–Kier alpha value is -3.96. The smallest absolute Gasteiger partial charge is 0.241 e. The summed E-state index contributed by atoms with van der Waals surface area (Å²) in [6.07, 6.45) is 9.60. The van der Waals surface area contributed by atoms with Crippen molar-refractivity contribution in [1.82, 2.24) is 19.7 Å². The molecule has 240 valence electrons. The second-order valence-electron chi connectivity index (χ2n) is 11.9. The van der Waals surface area contributed by atoms with Gasteiger partial charge in [0.15, 0.2) is 0 Å². The van der Waals surface area contributed by atoms with Gasteiger partial charge in [0.25, 0.3) is 0 Å². The van der Waals surface area contributed by atoms with E-state index < -0.39 is 10.0 Å². The predicted molar refractivity (Wildman–Crippen MR) is 185 cm³/mol. The summed E-state index contributed by atoms with van der Waals surface area (Å²) < 4.78 is 29.1. The number of unbranched alkanes of at least 4 members (excludes halogenated alkanes) is 3. The first-order valence-electron chi connectivity index (χ1n) is 16.1. The molecular weight excluding hydrogens is 584 g/mol. The average molecular weight is 631 g/mol. The van der Waals surface area contributed by atoms with Crippen LogP contribution >= 0.6 is 0 Å². The molecule has 1 saturated carbocycles. The van der Waals surface area contributed by atoms with Gasteiger partial charge in [-0.3, -0.25) is 0 Å². The molecule has 0 radical (unpaired) electrons. The Bertz CT molecular complexity index is 1630. The fourth-order valence-electron chi connectivity index (χ4n) is 5.78. The van der Waals surface area contributed by atoms with E-state index in [1.54, 1.807) is 12.1 Å². The number of sulfonamides is 1. The highest BCUT2D eigenvalue weighted by Gasteiger charge is 2.18. The maximum absolute atomic E-state index is 13.2. The van der Waals surface area contributed by atoms with Crippen LogP contribution in [0.1, 0.15) is 63.4 Å². The van der Waals surface area contributed by atoms with Crippen LogP contribution in [0.2, 0.25) is 0 Å². The first-order chi connectivity index (χ1) is 21.9. The lowest BCUT2D eigenvalue weighted by molar-refractivity contribution is 0.461. The van der Waals surface area contributed by atoms with E-state index in [9.17, 15) is 8.42 Å². The van der Waals surface area contributed by atoms with Gasteiger partial charge in [-0.15, -0.1) is 0 Å². The third-order valence-corrected chi connectivity index (χ3v) is 9.70. The van der Waals surface area contributed by atoms with E-state index in [-0.39, 0.29) is 0 Å². The first-order valence-corrected chi connectivity index (χ1v) is 17.6. The molecule has 0 spiro atoms. The molecule has 3 aromatic carbocycles. The summed E-state index contributed by atoms with van der Waals surface area (Å²) in [5, 5.41) is 11.9. The summed E-state index contributed by atoms with van der Waals surface area (Å²) in [6.45, 7) is 1.76. The quantitative estimate of drug-likeness (QED) is 0.104. The van der Waals surface area contributed by atoms with Gasteiger partial charge in [0.1, 0.15) is 0 Å². The van der Waals surface area contributed by atoms with Crippen LogP contribution in [0.5, 0.6) is 0 Å². The summed E-state index contributed by atoms with van der Waals surface area (Å²) in [5.41, 5.74) is 2.15. The van der Waals surface area contributed by atoms with E-state index >= 15 is 0 Å². The maximum atomic E-state index is 13.2. The predicted octanol–water partition coefficient (Wildman–Crippen LogP) is 6.40. The number of anilines is 4. The third-order valence-electron chi connectivity index (χ3n) is 8.18. The number of nitrogens with zero attached hydrogens (tertiary/aromatic N) is 4. The zero-order valence-electron chi connectivity index (χ0n) is 26.4. The van der Waals surface area contributed by atoms with Crippen LogP contribution in [0, 0.1) is 0 Å². The molecule has 0 atom stereocenters. The van der Waals surface area contributed by atoms with E-state index in [1.165, 1.54) is 19.3 Å². The number of aromatic nitrogens is 3. The van der Waals surface area contributed by atoms with Crippen LogP contribution in [0.25, 0.3) is 10.8 Å². The molecule has 0 bridgehead atoms. The van der Waals surface area contributed by atoms with Crippen LogP contribution in [-0.2, 0) is 16.6 Å². The van der Waals surface area contributed by atoms with Gasteiger partial charge in [-0.2, -0.15) is 15.0 Å². The minimum Gasteiger partial charge on any atom is -0.377 e. The van der Waals surface area contributed by atoms with E-state index in [0.717, 1.165) is 67.1 Å². The van der Waals surface area contributed by atoms with E-state index in [0.29, 0.717) is 41.9 Å². The van der Waals surface area contributed by atoms with Crippen molar-refractivity contribution in [3.05, 3.63) is 72.3 Å². The van der Waals surface area contributed by atoms with Crippen molar-refractivity contribution < 1.29 is 8.42 Å². The standard InChI is InChI=1S/C34H46N8O2S/c1-42(2)30-21-13-20-29-28(30)19-14-22-31(29)45(43,44)37-24-12-4-3-11-23-35-32-39-33(36-25-26-15-7-5-8-16-26)41-34(40-32)38-27-17-9-6-10-18-27/h5,7-8,13-16,19-22,27,37H,3-4,6,9-12,17-18,23-25H2,1-2H3,(H3,35,36,38,39,40,41). The number of fused-ring (bicyclic) bond motifs is 1. The average Bonchev–Trinajstić information content (AvgIpc) is 3.05. The molecule has 1 aromatic heterocycles. The fraction of sp³-hybridized carbons (Fsp3) is 0.441. The lowest BCUT2D eigenvalue weighted by Crippen LogP contribution is -2.25. The highest BCUT2D eigenvalue weighted by Crippen LogP contribution is 2.30. The monoisotopic (exact) mass is 630 g/mol. The van der Waals surface area contributed by atoms with E-state index in [4.69, 9.17) is 0 Å². The van der Waals surface area contributed by atoms with Gasteiger partial charge < -0.3 is 20.9 Å². The molecule has 0 aliphatic heterocycles. The Morgan fingerprint density at radius 3 is 2.13 bits per heavy atom. The number of rotatable bonds is 16. The maximum Gasteiger partial charge on any atom is 0.241 e. The molecule has 10 nitrogen and oxygen atoms in total. The molecule has 1 heterocycles. The molecule has 5 rings (SSSR count). The number of hydrogen-bond acceptors (Lipinski definition) is 9. The van der Waals surface area contributed by atoms with Crippen molar-refractivity contribution in [2.45, 2.75) is 75.3 Å². The minimum absolute atomic E-state index is 0.320. The molecule has 11 heteroatoms. The molecule has 1 fully saturated rings. The van der Waals surface area contributed by atoms with Gasteiger partial charge in [-0.05, 0) is 43.4 Å². The lowest BCUT2D eigenvalue weighted by Gasteiger charge is -2.23. The van der Waals surface area contributed by atoms with Gasteiger partial charge in [-0.1, -0.05) is 86.7 Å². The van der Waals surface area contributed by atoms with Gasteiger partial charge >= 0.3 is 0 Å². The van der Waals surface area contributed by atoms with Crippen LogP contribution in [0.4, 0.5) is 23.5 Å². The highest BCUT2D eigenvalue weighted by atomic mass is 32.2. The summed E-state index contributed by atoms with van der Waals surface area (Å²) in [6, 6.07) is 21.8. The molecule has 4 aromatic rings. The first kappa shape index (κ1) is 32.4. The molecule has 45 heavy (non-hydrogen) atoms. The Morgan fingerprint density at radius 1 is 0.711 bits per heavy atom. The number of nitrogens with one attached hydrogen (secondary N) is 4. The fourth-order valence-corrected chi connectivity index (χ4v) is 7.08. The third kappa shape index (κ3) is 9.27. The van der Waals surface area contributed by atoms with Crippen molar-refractivity contribution in [2.24, 2.45) is 0 Å². The SMILES string of the molecule is CN(C)c1cccc2c(S(=O)(=O)NCCCCCCNc3nc(NCc4ccccc4)nc(NC4CCCCC4)n3)cccc12. The Balaban J connectivity index is 1.09. The van der Waals surface area contributed by atoms with Gasteiger partial charge in [-0.25, -0.2) is 13.1 Å². The highest BCUT2D eigenvalue weighted by molar-refractivity contribution is 7.89. The van der Waals surface area contributed by atoms with Gasteiger partial charge in [0.2, 0.25) is 27.9 Å². The molecule has 0 unspecified atom stereocenters. The van der Waals surface area contributed by atoms with E-state index in [1.807, 2.05) is 61.5 Å². The van der Waals surface area contributed by atoms with E-state index in [2.05, 4.69) is 47.8 Å².